The Labute approximate surface area is 149 Å². The van der Waals surface area contributed by atoms with Crippen molar-refractivity contribution in [2.24, 2.45) is 0 Å². The number of nitrogens with one attached hydrogen (secondary N) is 1. The van der Waals surface area contributed by atoms with E-state index >= 15 is 0 Å². The van der Waals surface area contributed by atoms with Gasteiger partial charge in [-0.25, -0.2) is 4.98 Å². The molecule has 23 heavy (non-hydrogen) atoms. The molecule has 4 rings (SSSR count). The van der Waals surface area contributed by atoms with Gasteiger partial charge >= 0.3 is 0 Å². The normalized spacial score (nSPS) is 11.2. The Bertz CT molecular complexity index is 954. The average Bonchev–Trinajstić information content (AvgIpc) is 3.25. The number of anilines is 1. The molecule has 3 heterocycles. The maximum absolute atomic E-state index is 4.72. The first-order valence-corrected chi connectivity index (χ1v) is 9.43. The fourth-order valence-corrected chi connectivity index (χ4v) is 4.14. The van der Waals surface area contributed by atoms with Crippen LogP contribution >= 0.6 is 38.6 Å². The predicted octanol–water partition coefficient (Wildman–Crippen LogP) is 4.31. The molecule has 0 radical (unpaired) electrons. The molecule has 5 nitrogen and oxygen atoms in total. The molecule has 0 aliphatic rings. The topological polar surface area (TPSA) is 55.1 Å². The lowest BCUT2D eigenvalue weighted by atomic mass is 10.2. The van der Waals surface area contributed by atoms with Crippen molar-refractivity contribution < 1.29 is 0 Å². The zero-order chi connectivity index (χ0) is 15.8. The van der Waals surface area contributed by atoms with Gasteiger partial charge in [-0.3, -0.25) is 4.40 Å². The molecule has 116 valence electrons. The van der Waals surface area contributed by atoms with Crippen LogP contribution in [-0.2, 0) is 6.42 Å². The Morgan fingerprint density at radius 3 is 2.78 bits per heavy atom. The van der Waals surface area contributed by atoms with E-state index in [-0.39, 0.29) is 0 Å². The van der Waals surface area contributed by atoms with Crippen molar-refractivity contribution in [1.29, 1.82) is 0 Å². The second kappa shape index (κ2) is 6.03. The highest BCUT2D eigenvalue weighted by Gasteiger charge is 2.12. The number of benzene rings is 1. The van der Waals surface area contributed by atoms with Gasteiger partial charge < -0.3 is 5.32 Å². The van der Waals surface area contributed by atoms with Crippen molar-refractivity contribution in [3.05, 3.63) is 51.0 Å². The highest BCUT2D eigenvalue weighted by atomic mass is 79.9. The van der Waals surface area contributed by atoms with Gasteiger partial charge in [0.1, 0.15) is 5.01 Å². The van der Waals surface area contributed by atoms with Crippen LogP contribution in [0.15, 0.2) is 40.3 Å². The number of hydrogen-bond acceptors (Lipinski definition) is 6. The van der Waals surface area contributed by atoms with Gasteiger partial charge in [0.2, 0.25) is 5.13 Å². The van der Waals surface area contributed by atoms with Crippen LogP contribution in [0, 0.1) is 0 Å². The van der Waals surface area contributed by atoms with E-state index in [0.717, 1.165) is 37.3 Å². The van der Waals surface area contributed by atoms with E-state index in [4.69, 9.17) is 4.98 Å². The van der Waals surface area contributed by atoms with Crippen LogP contribution in [0.1, 0.15) is 10.7 Å². The van der Waals surface area contributed by atoms with Crippen LogP contribution in [0.2, 0.25) is 0 Å². The first kappa shape index (κ1) is 14.8. The van der Waals surface area contributed by atoms with E-state index in [1.807, 2.05) is 19.2 Å². The molecule has 0 bridgehead atoms. The van der Waals surface area contributed by atoms with Crippen LogP contribution in [0.3, 0.4) is 0 Å². The van der Waals surface area contributed by atoms with Crippen LogP contribution in [0.5, 0.6) is 0 Å². The average molecular weight is 406 g/mol. The van der Waals surface area contributed by atoms with E-state index in [1.54, 1.807) is 22.7 Å². The molecule has 0 fully saturated rings. The summed E-state index contributed by atoms with van der Waals surface area (Å²) in [6.07, 6.45) is 2.85. The molecule has 0 unspecified atom stereocenters. The van der Waals surface area contributed by atoms with Crippen LogP contribution in [0.4, 0.5) is 5.13 Å². The summed E-state index contributed by atoms with van der Waals surface area (Å²) in [4.78, 5) is 5.71. The van der Waals surface area contributed by atoms with Gasteiger partial charge in [0.15, 0.2) is 4.96 Å². The van der Waals surface area contributed by atoms with Gasteiger partial charge in [0, 0.05) is 40.8 Å². The maximum atomic E-state index is 4.72. The second-order valence-corrected chi connectivity index (χ2v) is 7.75. The SMILES string of the molecule is CNc1nnc(Cc2csc3nc(-c4ccc(Br)cc4)cn23)s1. The van der Waals surface area contributed by atoms with Crippen molar-refractivity contribution in [3.8, 4) is 11.3 Å². The third-order valence-electron chi connectivity index (χ3n) is 3.44. The summed E-state index contributed by atoms with van der Waals surface area (Å²) in [5, 5.41) is 15.3. The first-order chi connectivity index (χ1) is 11.2. The minimum absolute atomic E-state index is 0.759. The molecule has 4 aromatic rings. The standard InChI is InChI=1S/C15H12BrN5S2/c1-17-14-20-19-13(23-14)6-11-8-22-15-18-12(7-21(11)15)9-2-4-10(16)5-3-9/h2-5,7-8H,6H2,1H3,(H,17,20). The molecule has 0 atom stereocenters. The highest BCUT2D eigenvalue weighted by Crippen LogP contribution is 2.26. The minimum atomic E-state index is 0.759. The molecule has 0 spiro atoms. The van der Waals surface area contributed by atoms with Crippen molar-refractivity contribution >= 4 is 48.7 Å². The zero-order valence-corrected chi connectivity index (χ0v) is 15.4. The molecule has 3 aromatic heterocycles. The number of halogens is 1. The summed E-state index contributed by atoms with van der Waals surface area (Å²) in [6, 6.07) is 8.20. The molecule has 0 saturated carbocycles. The molecule has 8 heteroatoms. The van der Waals surface area contributed by atoms with E-state index in [0.29, 0.717) is 0 Å². The summed E-state index contributed by atoms with van der Waals surface area (Å²) < 4.78 is 3.21. The summed E-state index contributed by atoms with van der Waals surface area (Å²) >= 11 is 6.69. The van der Waals surface area contributed by atoms with E-state index in [2.05, 4.69) is 59.6 Å². The third kappa shape index (κ3) is 2.89. The van der Waals surface area contributed by atoms with Gasteiger partial charge in [0.05, 0.1) is 5.69 Å². The number of hydrogen-bond donors (Lipinski definition) is 1. The molecule has 0 saturated heterocycles. The zero-order valence-electron chi connectivity index (χ0n) is 12.2. The largest absolute Gasteiger partial charge is 0.363 e. The summed E-state index contributed by atoms with van der Waals surface area (Å²) in [6.45, 7) is 0. The molecule has 0 amide bonds. The molecule has 0 aliphatic carbocycles. The van der Waals surface area contributed by atoms with Gasteiger partial charge in [-0.15, -0.1) is 21.5 Å². The first-order valence-electron chi connectivity index (χ1n) is 6.94. The lowest BCUT2D eigenvalue weighted by Crippen LogP contribution is -1.91. The number of rotatable bonds is 4. The smallest absolute Gasteiger partial charge is 0.205 e. The summed E-state index contributed by atoms with van der Waals surface area (Å²) in [5.41, 5.74) is 3.28. The van der Waals surface area contributed by atoms with Crippen molar-refractivity contribution in [1.82, 2.24) is 19.6 Å². The van der Waals surface area contributed by atoms with E-state index in [1.165, 1.54) is 5.69 Å². The predicted molar refractivity (Wildman–Crippen MR) is 98.5 cm³/mol. The molecular formula is C15H12BrN5S2. The van der Waals surface area contributed by atoms with Crippen molar-refractivity contribution in [2.75, 3.05) is 12.4 Å². The van der Waals surface area contributed by atoms with E-state index in [9.17, 15) is 0 Å². The Hall–Kier alpha value is -1.77. The lowest BCUT2D eigenvalue weighted by Gasteiger charge is -1.97. The number of aromatic nitrogens is 4. The molecule has 1 aromatic carbocycles. The Morgan fingerprint density at radius 1 is 1.22 bits per heavy atom. The molecule has 0 aliphatic heterocycles. The van der Waals surface area contributed by atoms with Crippen molar-refractivity contribution in [2.45, 2.75) is 6.42 Å². The van der Waals surface area contributed by atoms with Gasteiger partial charge in [-0.05, 0) is 12.1 Å². The monoisotopic (exact) mass is 405 g/mol. The van der Waals surface area contributed by atoms with Crippen LogP contribution < -0.4 is 5.32 Å². The molecule has 1 N–H and O–H groups in total. The minimum Gasteiger partial charge on any atom is -0.363 e. The number of fused-ring (bicyclic) bond motifs is 1. The Morgan fingerprint density at radius 2 is 2.04 bits per heavy atom. The molecular weight excluding hydrogens is 394 g/mol. The van der Waals surface area contributed by atoms with Gasteiger partial charge in [0.25, 0.3) is 0 Å². The fraction of sp³-hybridized carbons (Fsp3) is 0.133. The van der Waals surface area contributed by atoms with E-state index < -0.39 is 0 Å². The quantitative estimate of drug-likeness (QED) is 0.549. The second-order valence-electron chi connectivity index (χ2n) is 4.94. The van der Waals surface area contributed by atoms with Crippen LogP contribution in [-0.4, -0.2) is 26.6 Å². The van der Waals surface area contributed by atoms with Gasteiger partial charge in [-0.1, -0.05) is 39.4 Å². The fourth-order valence-electron chi connectivity index (χ4n) is 2.30. The summed E-state index contributed by atoms with van der Waals surface area (Å²) in [5.74, 6) is 0. The number of thiazole rings is 1. The Balaban J connectivity index is 1.67. The number of imidazole rings is 1. The summed E-state index contributed by atoms with van der Waals surface area (Å²) in [7, 11) is 1.85. The lowest BCUT2D eigenvalue weighted by molar-refractivity contribution is 0.964. The maximum Gasteiger partial charge on any atom is 0.205 e. The number of nitrogens with zero attached hydrogens (tertiary/aromatic N) is 4. The van der Waals surface area contributed by atoms with Crippen LogP contribution in [0.25, 0.3) is 16.2 Å². The Kier molecular flexibility index (Phi) is 3.88. The van der Waals surface area contributed by atoms with Crippen molar-refractivity contribution in [3.63, 3.8) is 0 Å². The van der Waals surface area contributed by atoms with Gasteiger partial charge in [-0.2, -0.15) is 0 Å². The highest BCUT2D eigenvalue weighted by molar-refractivity contribution is 9.10. The third-order valence-corrected chi connectivity index (χ3v) is 5.79.